The summed E-state index contributed by atoms with van der Waals surface area (Å²) in [6.07, 6.45) is 4.34. The minimum Gasteiger partial charge on any atom is -0.297 e. The van der Waals surface area contributed by atoms with E-state index in [0.29, 0.717) is 11.2 Å². The molecule has 1 aromatic carbocycles. The minimum atomic E-state index is -0.395. The summed E-state index contributed by atoms with van der Waals surface area (Å²) in [5.41, 5.74) is 1.74. The molecule has 0 bridgehead atoms. The molecule has 0 amide bonds. The summed E-state index contributed by atoms with van der Waals surface area (Å²) in [7, 11) is 0. The number of nitrogens with one attached hydrogen (secondary N) is 1. The van der Waals surface area contributed by atoms with E-state index in [1.165, 1.54) is 27.4 Å². The molecule has 5 rings (SSSR count). The van der Waals surface area contributed by atoms with Gasteiger partial charge in [0.05, 0.1) is 10.9 Å². The Morgan fingerprint density at radius 3 is 2.92 bits per heavy atom. The zero-order valence-corrected chi connectivity index (χ0v) is 13.5. The molecule has 0 saturated heterocycles. The van der Waals surface area contributed by atoms with Gasteiger partial charge in [-0.3, -0.25) is 4.98 Å². The molecule has 0 spiro atoms. The van der Waals surface area contributed by atoms with Crippen LogP contribution >= 0.6 is 11.3 Å². The van der Waals surface area contributed by atoms with Crippen molar-refractivity contribution in [3.05, 3.63) is 51.0 Å². The number of H-pyrrole nitrogens is 1. The van der Waals surface area contributed by atoms with E-state index in [9.17, 15) is 9.18 Å². The molecule has 0 unspecified atom stereocenters. The summed E-state index contributed by atoms with van der Waals surface area (Å²) >= 11 is 1.63. The van der Waals surface area contributed by atoms with Gasteiger partial charge in [-0.1, -0.05) is 12.1 Å². The first-order valence-electron chi connectivity index (χ1n) is 7.90. The summed E-state index contributed by atoms with van der Waals surface area (Å²) in [4.78, 5) is 21.9. The van der Waals surface area contributed by atoms with Crippen LogP contribution in [0.5, 0.6) is 0 Å². The highest BCUT2D eigenvalue weighted by molar-refractivity contribution is 7.19. The van der Waals surface area contributed by atoms with Crippen molar-refractivity contribution in [2.75, 3.05) is 0 Å². The fraction of sp³-hybridized carbons (Fsp3) is 0.235. The van der Waals surface area contributed by atoms with Crippen LogP contribution in [0.3, 0.4) is 0 Å². The Hall–Kier alpha value is -2.54. The van der Waals surface area contributed by atoms with Gasteiger partial charge < -0.3 is 0 Å². The first-order chi connectivity index (χ1) is 11.7. The number of aromatic amines is 1. The lowest BCUT2D eigenvalue weighted by molar-refractivity contribution is 0.630. The molecule has 0 fully saturated rings. The van der Waals surface area contributed by atoms with E-state index in [2.05, 4.69) is 15.1 Å². The van der Waals surface area contributed by atoms with Crippen LogP contribution in [-0.4, -0.2) is 19.6 Å². The van der Waals surface area contributed by atoms with Crippen LogP contribution in [0.2, 0.25) is 0 Å². The number of hydrogen-bond acceptors (Lipinski definition) is 4. The van der Waals surface area contributed by atoms with Crippen LogP contribution in [0.1, 0.15) is 23.3 Å². The zero-order chi connectivity index (χ0) is 16.3. The van der Waals surface area contributed by atoms with E-state index in [0.717, 1.165) is 29.5 Å². The topological polar surface area (TPSA) is 63.0 Å². The van der Waals surface area contributed by atoms with Gasteiger partial charge in [0.25, 0.3) is 0 Å². The second-order valence-electron chi connectivity index (χ2n) is 6.00. The van der Waals surface area contributed by atoms with Gasteiger partial charge in [-0.25, -0.2) is 14.2 Å². The van der Waals surface area contributed by atoms with Crippen LogP contribution in [-0.2, 0) is 12.8 Å². The molecule has 0 saturated carbocycles. The average molecular weight is 340 g/mol. The zero-order valence-electron chi connectivity index (χ0n) is 12.7. The SMILES string of the molecule is O=c1[nH]c2sc3c(c2c2nc(-c4ccccc4F)nn12)CCCC3. The molecule has 3 aromatic heterocycles. The van der Waals surface area contributed by atoms with Crippen molar-refractivity contribution in [2.45, 2.75) is 25.7 Å². The highest BCUT2D eigenvalue weighted by Crippen LogP contribution is 2.36. The molecule has 0 radical (unpaired) electrons. The molecule has 0 atom stereocenters. The number of fused-ring (bicyclic) bond motifs is 5. The summed E-state index contributed by atoms with van der Waals surface area (Å²) in [6, 6.07) is 6.34. The van der Waals surface area contributed by atoms with Gasteiger partial charge in [0, 0.05) is 4.88 Å². The second-order valence-corrected chi connectivity index (χ2v) is 7.10. The Morgan fingerprint density at radius 1 is 1.21 bits per heavy atom. The minimum absolute atomic E-state index is 0.238. The predicted molar refractivity (Wildman–Crippen MR) is 91.0 cm³/mol. The first-order valence-corrected chi connectivity index (χ1v) is 8.72. The number of thiophene rings is 1. The molecule has 7 heteroatoms. The maximum Gasteiger partial charge on any atom is 0.349 e. The number of aromatic nitrogens is 4. The van der Waals surface area contributed by atoms with Crippen molar-refractivity contribution < 1.29 is 4.39 Å². The Balaban J connectivity index is 1.87. The van der Waals surface area contributed by atoms with Gasteiger partial charge in [-0.05, 0) is 43.4 Å². The fourth-order valence-electron chi connectivity index (χ4n) is 3.41. The van der Waals surface area contributed by atoms with Gasteiger partial charge >= 0.3 is 5.69 Å². The summed E-state index contributed by atoms with van der Waals surface area (Å²) in [5, 5.41) is 5.21. The Kier molecular flexibility index (Phi) is 2.87. The van der Waals surface area contributed by atoms with E-state index in [1.807, 2.05) is 0 Å². The largest absolute Gasteiger partial charge is 0.349 e. The number of rotatable bonds is 1. The molecule has 1 aliphatic rings. The van der Waals surface area contributed by atoms with Gasteiger partial charge in [0.2, 0.25) is 0 Å². The van der Waals surface area contributed by atoms with Gasteiger partial charge in [-0.2, -0.15) is 4.52 Å². The van der Waals surface area contributed by atoms with Crippen LogP contribution in [0.15, 0.2) is 29.1 Å². The van der Waals surface area contributed by atoms with Crippen LogP contribution in [0, 0.1) is 5.82 Å². The maximum absolute atomic E-state index is 14.1. The summed E-state index contributed by atoms with van der Waals surface area (Å²) < 4.78 is 15.3. The van der Waals surface area contributed by atoms with Crippen LogP contribution in [0.25, 0.3) is 27.3 Å². The van der Waals surface area contributed by atoms with Gasteiger partial charge in [0.15, 0.2) is 11.5 Å². The van der Waals surface area contributed by atoms with Crippen LogP contribution < -0.4 is 5.69 Å². The third-order valence-electron chi connectivity index (χ3n) is 4.53. The van der Waals surface area contributed by atoms with Crippen molar-refractivity contribution in [1.29, 1.82) is 0 Å². The molecule has 1 N–H and O–H groups in total. The number of benzene rings is 1. The molecule has 3 heterocycles. The van der Waals surface area contributed by atoms with E-state index < -0.39 is 5.82 Å². The first kappa shape index (κ1) is 13.9. The predicted octanol–water partition coefficient (Wildman–Crippen LogP) is 3.32. The molecule has 120 valence electrons. The normalized spacial score (nSPS) is 14.4. The fourth-order valence-corrected chi connectivity index (χ4v) is 4.69. The Labute approximate surface area is 139 Å². The number of hydrogen-bond donors (Lipinski definition) is 1. The van der Waals surface area contributed by atoms with Crippen molar-refractivity contribution in [2.24, 2.45) is 0 Å². The highest BCUT2D eigenvalue weighted by atomic mass is 32.1. The van der Waals surface area contributed by atoms with Gasteiger partial charge in [-0.15, -0.1) is 16.4 Å². The molecule has 0 aliphatic heterocycles. The van der Waals surface area contributed by atoms with E-state index in [4.69, 9.17) is 0 Å². The quantitative estimate of drug-likeness (QED) is 0.578. The molecule has 4 aromatic rings. The monoisotopic (exact) mass is 340 g/mol. The second kappa shape index (κ2) is 4.98. The van der Waals surface area contributed by atoms with E-state index in [1.54, 1.807) is 29.5 Å². The third-order valence-corrected chi connectivity index (χ3v) is 5.74. The summed E-state index contributed by atoms with van der Waals surface area (Å²) in [5.74, 6) is -0.157. The Morgan fingerprint density at radius 2 is 2.04 bits per heavy atom. The van der Waals surface area contributed by atoms with Crippen molar-refractivity contribution in [3.63, 3.8) is 0 Å². The average Bonchev–Trinajstić information content (AvgIpc) is 3.16. The number of nitrogens with zero attached hydrogens (tertiary/aromatic N) is 3. The lowest BCUT2D eigenvalue weighted by Crippen LogP contribution is -2.17. The summed E-state index contributed by atoms with van der Waals surface area (Å²) in [6.45, 7) is 0. The maximum atomic E-state index is 14.1. The smallest absolute Gasteiger partial charge is 0.297 e. The lowest BCUT2D eigenvalue weighted by atomic mass is 9.97. The molecular formula is C17H13FN4OS. The highest BCUT2D eigenvalue weighted by Gasteiger charge is 2.22. The van der Waals surface area contributed by atoms with E-state index >= 15 is 0 Å². The molecule has 1 aliphatic carbocycles. The van der Waals surface area contributed by atoms with Crippen molar-refractivity contribution in [3.8, 4) is 11.4 Å². The van der Waals surface area contributed by atoms with E-state index in [-0.39, 0.29) is 11.5 Å². The molecular weight excluding hydrogens is 327 g/mol. The van der Waals surface area contributed by atoms with Crippen molar-refractivity contribution in [1.82, 2.24) is 19.6 Å². The number of halogens is 1. The van der Waals surface area contributed by atoms with Gasteiger partial charge in [0.1, 0.15) is 10.6 Å². The number of aryl methyl sites for hydroxylation is 2. The van der Waals surface area contributed by atoms with Crippen molar-refractivity contribution >= 4 is 27.2 Å². The Bertz CT molecular complexity index is 1160. The van der Waals surface area contributed by atoms with Crippen LogP contribution in [0.4, 0.5) is 4.39 Å². The lowest BCUT2D eigenvalue weighted by Gasteiger charge is -2.09. The molecule has 5 nitrogen and oxygen atoms in total. The molecule has 24 heavy (non-hydrogen) atoms. The third kappa shape index (κ3) is 1.88. The standard InChI is InChI=1S/C17H13FN4OS/c18-11-7-3-1-5-9(11)14-19-15-13-10-6-2-4-8-12(10)24-16(13)20-17(23)22(15)21-14/h1,3,5,7H,2,4,6,8H2,(H,20,23).